The Kier molecular flexibility index (Phi) is 13.6. The molecule has 0 spiro atoms. The van der Waals surface area contributed by atoms with E-state index in [9.17, 15) is 0 Å². The van der Waals surface area contributed by atoms with Crippen LogP contribution in [0.15, 0.2) is 54.6 Å². The van der Waals surface area contributed by atoms with Crippen molar-refractivity contribution in [1.29, 1.82) is 0 Å². The van der Waals surface area contributed by atoms with Crippen LogP contribution in [0.2, 0.25) is 0 Å². The van der Waals surface area contributed by atoms with E-state index in [2.05, 4.69) is 82.3 Å². The summed E-state index contributed by atoms with van der Waals surface area (Å²) >= 11 is 0. The van der Waals surface area contributed by atoms with Crippen molar-refractivity contribution in [3.8, 4) is 11.1 Å². The third-order valence-electron chi connectivity index (χ3n) is 4.28. The number of hydrogen-bond acceptors (Lipinski definition) is 1. The molecule has 0 aliphatic carbocycles. The largest absolute Gasteiger partial charge is 4.00 e. The molecule has 0 saturated carbocycles. The van der Waals surface area contributed by atoms with E-state index in [1.54, 1.807) is 6.92 Å². The number of aliphatic hydroxyl groups excluding tert-OH is 1. The number of aliphatic hydroxyl groups is 1. The van der Waals surface area contributed by atoms with Crippen LogP contribution in [0.4, 0.5) is 0 Å². The average molecular weight is 483 g/mol. The molecule has 1 nitrogen and oxygen atoms in total. The molecule has 0 amide bonds. The van der Waals surface area contributed by atoms with Gasteiger partial charge in [-0.15, -0.1) is 34.5 Å². The first-order valence-corrected chi connectivity index (χ1v) is 8.62. The van der Waals surface area contributed by atoms with Crippen molar-refractivity contribution < 1.29 is 56.1 Å². The third-order valence-corrected chi connectivity index (χ3v) is 4.28. The summed E-state index contributed by atoms with van der Waals surface area (Å²) in [6.45, 7) is 11.5. The Labute approximate surface area is 195 Å². The van der Waals surface area contributed by atoms with Crippen molar-refractivity contribution in [2.75, 3.05) is 0 Å². The van der Waals surface area contributed by atoms with Crippen LogP contribution in [0.3, 0.4) is 0 Å². The van der Waals surface area contributed by atoms with Gasteiger partial charge >= 0.3 is 26.2 Å². The SMILES string of the molecule is CCc1cc2c(-c3ccc(C(C)(C)C)cc3)cccc2[cH-]1.C[CH-]O.[Cl-].[Cl-].[Zr+4]. The van der Waals surface area contributed by atoms with E-state index in [4.69, 9.17) is 5.11 Å². The first-order valence-electron chi connectivity index (χ1n) is 8.62. The summed E-state index contributed by atoms with van der Waals surface area (Å²) in [5, 5.41) is 10.2. The smallest absolute Gasteiger partial charge is 1.00 e. The number of rotatable bonds is 2. The summed E-state index contributed by atoms with van der Waals surface area (Å²) in [5.74, 6) is 0. The summed E-state index contributed by atoms with van der Waals surface area (Å²) in [7, 11) is 0. The predicted molar refractivity (Wildman–Crippen MR) is 105 cm³/mol. The number of benzene rings is 2. The summed E-state index contributed by atoms with van der Waals surface area (Å²) in [5.41, 5.74) is 5.66. The van der Waals surface area contributed by atoms with E-state index in [1.807, 2.05) is 0 Å². The van der Waals surface area contributed by atoms with Gasteiger partial charge in [-0.3, -0.25) is 0 Å². The van der Waals surface area contributed by atoms with E-state index < -0.39 is 0 Å². The molecule has 0 saturated heterocycles. The van der Waals surface area contributed by atoms with Gasteiger partial charge in [-0.25, -0.2) is 6.61 Å². The normalized spacial score (nSPS) is 10.0. The fourth-order valence-corrected chi connectivity index (χ4v) is 2.90. The monoisotopic (exact) mass is 480 g/mol. The molecule has 0 aliphatic rings. The van der Waals surface area contributed by atoms with Gasteiger partial charge in [-0.05, 0) is 23.0 Å². The van der Waals surface area contributed by atoms with E-state index in [0.29, 0.717) is 0 Å². The molecule has 27 heavy (non-hydrogen) atoms. The maximum absolute atomic E-state index is 7.44. The minimum Gasteiger partial charge on any atom is -1.00 e. The molecule has 0 heterocycles. The molecule has 4 heteroatoms. The number of halogens is 2. The predicted octanol–water partition coefficient (Wildman–Crippen LogP) is 0.632. The minimum absolute atomic E-state index is 0. The van der Waals surface area contributed by atoms with E-state index in [0.717, 1.165) is 13.0 Å². The molecular formula is C23H28Cl2OZr. The van der Waals surface area contributed by atoms with Crippen LogP contribution in [0.1, 0.15) is 45.7 Å². The number of hydrogen-bond donors (Lipinski definition) is 1. The van der Waals surface area contributed by atoms with Gasteiger partial charge in [0.1, 0.15) is 0 Å². The van der Waals surface area contributed by atoms with Crippen LogP contribution in [0.5, 0.6) is 0 Å². The Morgan fingerprint density at radius 1 is 1.00 bits per heavy atom. The second-order valence-corrected chi connectivity index (χ2v) is 7.11. The molecule has 0 atom stereocenters. The molecule has 0 radical (unpaired) electrons. The van der Waals surface area contributed by atoms with Crippen LogP contribution in [0, 0.1) is 6.61 Å². The molecule has 144 valence electrons. The van der Waals surface area contributed by atoms with Gasteiger partial charge in [0.25, 0.3) is 0 Å². The zero-order chi connectivity index (χ0) is 17.7. The number of fused-ring (bicyclic) bond motifs is 1. The minimum atomic E-state index is 0. The Bertz CT molecular complexity index is 786. The fourth-order valence-electron chi connectivity index (χ4n) is 2.90. The van der Waals surface area contributed by atoms with Crippen molar-refractivity contribution in [3.05, 3.63) is 72.3 Å². The number of aryl methyl sites for hydroxylation is 1. The second-order valence-electron chi connectivity index (χ2n) is 7.11. The van der Waals surface area contributed by atoms with E-state index in [-0.39, 0.29) is 56.4 Å². The fraction of sp³-hybridized carbons (Fsp3) is 0.304. The van der Waals surface area contributed by atoms with E-state index >= 15 is 0 Å². The zero-order valence-corrected chi connectivity index (χ0v) is 20.7. The molecule has 3 rings (SSSR count). The molecule has 1 N–H and O–H groups in total. The Balaban J connectivity index is 0. The molecular weight excluding hydrogens is 454 g/mol. The third kappa shape index (κ3) is 7.43. The van der Waals surface area contributed by atoms with Gasteiger partial charge in [0.05, 0.1) is 0 Å². The van der Waals surface area contributed by atoms with Crippen molar-refractivity contribution in [2.24, 2.45) is 0 Å². The van der Waals surface area contributed by atoms with Gasteiger partial charge in [-0.2, -0.15) is 13.0 Å². The maximum atomic E-state index is 7.44. The van der Waals surface area contributed by atoms with Crippen molar-refractivity contribution in [3.63, 3.8) is 0 Å². The van der Waals surface area contributed by atoms with Crippen molar-refractivity contribution >= 4 is 10.8 Å². The molecule has 0 unspecified atom stereocenters. The van der Waals surface area contributed by atoms with Crippen molar-refractivity contribution in [1.82, 2.24) is 0 Å². The Hall–Kier alpha value is -0.527. The first-order chi connectivity index (χ1) is 11.4. The van der Waals surface area contributed by atoms with Crippen LogP contribution >= 0.6 is 0 Å². The molecule has 0 fully saturated rings. The molecule has 0 aromatic heterocycles. The standard InChI is InChI=1S/C21H23.C2H5O.2ClH.Zr/c1-5-15-13-17-7-6-8-19(20(17)14-15)16-9-11-18(12-10-16)21(2,3)4;1-2-3;;;/h6-14H,5H2,1-4H3;2-3H,1H3;2*1H;/q2*-1;;;+4/p-2. The Morgan fingerprint density at radius 3 is 2.04 bits per heavy atom. The molecule has 0 bridgehead atoms. The maximum Gasteiger partial charge on any atom is 4.00 e. The first kappa shape index (κ1) is 28.7. The van der Waals surface area contributed by atoms with Gasteiger partial charge < -0.3 is 29.9 Å². The Morgan fingerprint density at radius 2 is 1.56 bits per heavy atom. The van der Waals surface area contributed by atoms with Gasteiger partial charge in [-0.1, -0.05) is 63.6 Å². The van der Waals surface area contributed by atoms with Gasteiger partial charge in [0.15, 0.2) is 0 Å². The summed E-state index contributed by atoms with van der Waals surface area (Å²) in [4.78, 5) is 0. The van der Waals surface area contributed by atoms with Gasteiger partial charge in [0, 0.05) is 0 Å². The quantitative estimate of drug-likeness (QED) is 0.532. The van der Waals surface area contributed by atoms with Crippen LogP contribution in [-0.2, 0) is 38.0 Å². The molecule has 3 aromatic rings. The summed E-state index contributed by atoms with van der Waals surface area (Å²) in [6.07, 6.45) is 1.09. The van der Waals surface area contributed by atoms with Crippen LogP contribution in [-0.4, -0.2) is 5.11 Å². The van der Waals surface area contributed by atoms with E-state index in [1.165, 1.54) is 33.0 Å². The zero-order valence-electron chi connectivity index (χ0n) is 16.7. The molecule has 3 aromatic carbocycles. The topological polar surface area (TPSA) is 20.2 Å². The average Bonchev–Trinajstić information content (AvgIpc) is 2.98. The van der Waals surface area contributed by atoms with Crippen molar-refractivity contribution in [2.45, 2.75) is 46.5 Å². The molecule has 0 aliphatic heterocycles. The van der Waals surface area contributed by atoms with Crippen LogP contribution < -0.4 is 24.8 Å². The second kappa shape index (κ2) is 12.8. The van der Waals surface area contributed by atoms with Gasteiger partial charge in [0.2, 0.25) is 0 Å². The summed E-state index contributed by atoms with van der Waals surface area (Å²) in [6, 6.07) is 20.3. The van der Waals surface area contributed by atoms with Crippen LogP contribution in [0.25, 0.3) is 21.9 Å². The summed E-state index contributed by atoms with van der Waals surface area (Å²) < 4.78 is 0.